The molecule has 4 heteroatoms. The molecule has 90 valence electrons. The highest BCUT2D eigenvalue weighted by molar-refractivity contribution is 7.83. The van der Waals surface area contributed by atoms with Crippen LogP contribution in [0, 0.1) is 0 Å². The number of benzene rings is 2. The van der Waals surface area contributed by atoms with Gasteiger partial charge in [-0.2, -0.15) is 0 Å². The number of hydrogen-bond donors (Lipinski definition) is 0. The second-order valence-electron chi connectivity index (χ2n) is 5.19. The van der Waals surface area contributed by atoms with Gasteiger partial charge in [0.25, 0.3) is 0 Å². The van der Waals surface area contributed by atoms with Gasteiger partial charge in [0, 0.05) is 32.3 Å². The molecule has 0 spiro atoms. The molecule has 0 aromatic heterocycles. The summed E-state index contributed by atoms with van der Waals surface area (Å²) in [4.78, 5) is 0. The quantitative estimate of drug-likeness (QED) is 0.687. The van der Waals surface area contributed by atoms with Crippen molar-refractivity contribution in [3.8, 4) is 11.1 Å². The van der Waals surface area contributed by atoms with Gasteiger partial charge in [-0.3, -0.25) is 0 Å². The van der Waals surface area contributed by atoms with Crippen LogP contribution in [-0.2, 0) is 9.13 Å². The van der Waals surface area contributed by atoms with E-state index in [0.717, 1.165) is 32.3 Å². The minimum atomic E-state index is -2.49. The lowest BCUT2D eigenvalue weighted by Crippen LogP contribution is -2.18. The Balaban J connectivity index is 2.35. The van der Waals surface area contributed by atoms with Crippen LogP contribution >= 0.6 is 14.3 Å². The predicted molar refractivity (Wildman–Crippen MR) is 77.5 cm³/mol. The van der Waals surface area contributed by atoms with Gasteiger partial charge in [0.05, 0.1) is 0 Å². The van der Waals surface area contributed by atoms with Crippen molar-refractivity contribution in [1.29, 1.82) is 0 Å². The summed E-state index contributed by atoms with van der Waals surface area (Å²) < 4.78 is 25.9. The Labute approximate surface area is 106 Å². The van der Waals surface area contributed by atoms with Crippen LogP contribution in [0.4, 0.5) is 0 Å². The first kappa shape index (κ1) is 10.8. The van der Waals surface area contributed by atoms with Gasteiger partial charge < -0.3 is 9.13 Å². The van der Waals surface area contributed by atoms with E-state index < -0.39 is 14.3 Å². The van der Waals surface area contributed by atoms with Crippen LogP contribution in [0.2, 0.25) is 0 Å². The molecule has 0 unspecified atom stereocenters. The van der Waals surface area contributed by atoms with E-state index in [1.807, 2.05) is 49.7 Å². The molecule has 0 fully saturated rings. The lowest BCUT2D eigenvalue weighted by atomic mass is 10.1. The van der Waals surface area contributed by atoms with Crippen molar-refractivity contribution in [3.05, 3.63) is 36.4 Å². The maximum atomic E-state index is 13.0. The Bertz CT molecular complexity index is 699. The molecule has 2 nitrogen and oxygen atoms in total. The van der Waals surface area contributed by atoms with Crippen LogP contribution in [0.15, 0.2) is 36.4 Å². The molecular weight excluding hydrogens is 262 g/mol. The number of rotatable bonds is 0. The molecular formula is C14H12O2P2. The summed E-state index contributed by atoms with van der Waals surface area (Å²) in [7, 11) is -4.97. The molecule has 2 aromatic carbocycles. The molecule has 0 saturated heterocycles. The molecule has 0 aliphatic carbocycles. The lowest BCUT2D eigenvalue weighted by molar-refractivity contribution is 0.590. The highest BCUT2D eigenvalue weighted by atomic mass is 31.2. The average molecular weight is 274 g/mol. The van der Waals surface area contributed by atoms with E-state index in [2.05, 4.69) is 0 Å². The molecule has 0 amide bonds. The second kappa shape index (κ2) is 2.90. The van der Waals surface area contributed by atoms with Crippen LogP contribution in [0.3, 0.4) is 0 Å². The first-order valence-corrected chi connectivity index (χ1v) is 10.2. The minimum absolute atomic E-state index is 0.891. The summed E-state index contributed by atoms with van der Waals surface area (Å²) in [6, 6.07) is 11.5. The van der Waals surface area contributed by atoms with E-state index in [4.69, 9.17) is 0 Å². The van der Waals surface area contributed by atoms with Crippen molar-refractivity contribution < 1.29 is 9.13 Å². The summed E-state index contributed by atoms with van der Waals surface area (Å²) in [6.45, 7) is 3.63. The topological polar surface area (TPSA) is 34.1 Å². The van der Waals surface area contributed by atoms with Crippen molar-refractivity contribution in [2.75, 3.05) is 13.3 Å². The van der Waals surface area contributed by atoms with Crippen LogP contribution in [0.1, 0.15) is 0 Å². The van der Waals surface area contributed by atoms with Gasteiger partial charge in [-0.25, -0.2) is 0 Å². The Morgan fingerprint density at radius 1 is 0.667 bits per heavy atom. The van der Waals surface area contributed by atoms with Crippen LogP contribution in [-0.4, -0.2) is 13.3 Å². The summed E-state index contributed by atoms with van der Waals surface area (Å²) in [5.41, 5.74) is 2.00. The SMILES string of the molecule is CP1(=O)c2cccc3c2-c2c1cccc2P3(C)=O. The van der Waals surface area contributed by atoms with Crippen LogP contribution in [0.25, 0.3) is 11.1 Å². The van der Waals surface area contributed by atoms with Crippen molar-refractivity contribution in [2.45, 2.75) is 0 Å². The van der Waals surface area contributed by atoms with Gasteiger partial charge in [0.1, 0.15) is 14.3 Å². The minimum Gasteiger partial charge on any atom is -0.314 e. The third-order valence-electron chi connectivity index (χ3n) is 4.13. The predicted octanol–water partition coefficient (Wildman–Crippen LogP) is 1.87. The van der Waals surface area contributed by atoms with E-state index in [-0.39, 0.29) is 0 Å². The molecule has 18 heavy (non-hydrogen) atoms. The fraction of sp³-hybridized carbons (Fsp3) is 0.143. The molecule has 4 rings (SSSR count). The van der Waals surface area contributed by atoms with E-state index in [0.29, 0.717) is 0 Å². The fourth-order valence-corrected chi connectivity index (χ4v) is 8.06. The third kappa shape index (κ3) is 0.955. The lowest BCUT2D eigenvalue weighted by Gasteiger charge is -2.15. The van der Waals surface area contributed by atoms with Gasteiger partial charge in [-0.05, 0) is 13.3 Å². The monoisotopic (exact) mass is 274 g/mol. The van der Waals surface area contributed by atoms with Crippen molar-refractivity contribution >= 4 is 35.5 Å². The largest absolute Gasteiger partial charge is 0.314 e. The Kier molecular flexibility index (Phi) is 1.74. The van der Waals surface area contributed by atoms with E-state index >= 15 is 0 Å². The standard InChI is InChI=1S/C14H12O2P2/c1-17(15)9-5-3-7-11-13(9)14-10(17)6-4-8-12(14)18(11,2)16/h3-8H,1-2H3. The molecule has 0 bridgehead atoms. The van der Waals surface area contributed by atoms with E-state index in [1.165, 1.54) is 0 Å². The van der Waals surface area contributed by atoms with E-state index in [1.54, 1.807) is 0 Å². The summed E-state index contributed by atoms with van der Waals surface area (Å²) in [5, 5.41) is 3.56. The zero-order valence-electron chi connectivity index (χ0n) is 10.2. The zero-order chi connectivity index (χ0) is 12.7. The maximum Gasteiger partial charge on any atom is 0.141 e. The molecule has 2 aromatic rings. The molecule has 2 heterocycles. The summed E-state index contributed by atoms with van der Waals surface area (Å²) >= 11 is 0. The average Bonchev–Trinajstić information content (AvgIpc) is 2.72. The molecule has 0 atom stereocenters. The molecule has 2 aliphatic rings. The normalized spacial score (nSPS) is 19.9. The number of hydrogen-bond acceptors (Lipinski definition) is 2. The highest BCUT2D eigenvalue weighted by Gasteiger charge is 2.46. The highest BCUT2D eigenvalue weighted by Crippen LogP contribution is 2.58. The summed E-state index contributed by atoms with van der Waals surface area (Å²) in [5.74, 6) is 0. The maximum absolute atomic E-state index is 13.0. The van der Waals surface area contributed by atoms with Crippen molar-refractivity contribution in [3.63, 3.8) is 0 Å². The van der Waals surface area contributed by atoms with Crippen LogP contribution in [0.5, 0.6) is 0 Å². The van der Waals surface area contributed by atoms with Crippen molar-refractivity contribution in [2.24, 2.45) is 0 Å². The van der Waals surface area contributed by atoms with E-state index in [9.17, 15) is 9.13 Å². The van der Waals surface area contributed by atoms with Gasteiger partial charge in [-0.1, -0.05) is 36.4 Å². The third-order valence-corrected chi connectivity index (χ3v) is 9.30. The Morgan fingerprint density at radius 3 is 1.22 bits per heavy atom. The van der Waals surface area contributed by atoms with Gasteiger partial charge >= 0.3 is 0 Å². The molecule has 0 radical (unpaired) electrons. The van der Waals surface area contributed by atoms with Gasteiger partial charge in [-0.15, -0.1) is 0 Å². The second-order valence-corrected chi connectivity index (χ2v) is 10.8. The van der Waals surface area contributed by atoms with Gasteiger partial charge in [0.15, 0.2) is 0 Å². The van der Waals surface area contributed by atoms with Crippen LogP contribution < -0.4 is 21.2 Å². The smallest absolute Gasteiger partial charge is 0.141 e. The first-order chi connectivity index (χ1) is 8.45. The van der Waals surface area contributed by atoms with Crippen molar-refractivity contribution in [1.82, 2.24) is 0 Å². The molecule has 0 saturated carbocycles. The first-order valence-electron chi connectivity index (χ1n) is 5.89. The Hall–Kier alpha value is -1.10. The fourth-order valence-electron chi connectivity index (χ4n) is 3.25. The molecule has 0 N–H and O–H groups in total. The van der Waals surface area contributed by atoms with Gasteiger partial charge in [0.2, 0.25) is 0 Å². The zero-order valence-corrected chi connectivity index (χ0v) is 12.0. The Morgan fingerprint density at radius 2 is 0.944 bits per heavy atom. The molecule has 2 aliphatic heterocycles. The summed E-state index contributed by atoms with van der Waals surface area (Å²) in [6.07, 6.45) is 0.